The molecule has 0 radical (unpaired) electrons. The number of rotatable bonds is 2. The average molecular weight is 480 g/mol. The summed E-state index contributed by atoms with van der Waals surface area (Å²) in [5, 5.41) is 5.87. The molecule has 9 heteroatoms. The van der Waals surface area contributed by atoms with Crippen LogP contribution < -0.4 is 10.4 Å². The maximum Gasteiger partial charge on any atom is 0.344 e. The van der Waals surface area contributed by atoms with Crippen LogP contribution in [0, 0.1) is 0 Å². The molecule has 7 rings (SSSR count). The monoisotopic (exact) mass is 479 g/mol. The van der Waals surface area contributed by atoms with E-state index < -0.39 is 11.5 Å². The van der Waals surface area contributed by atoms with Crippen LogP contribution in [0.1, 0.15) is 22.6 Å². The lowest BCUT2D eigenvalue weighted by Crippen LogP contribution is -2.22. The Balaban J connectivity index is 1.56. The SMILES string of the molecule is O=c1oc2ccccc2c2c1C(c1ccc(Cl)cc1)c1c(ncn3nc(-c4ccncc4)nc13)O2. The zero-order chi connectivity index (χ0) is 23.5. The highest BCUT2D eigenvalue weighted by Gasteiger charge is 2.37. The lowest BCUT2D eigenvalue weighted by molar-refractivity contribution is 0.422. The highest BCUT2D eigenvalue weighted by Crippen LogP contribution is 2.48. The minimum Gasteiger partial charge on any atom is -0.437 e. The molecule has 5 heterocycles. The molecule has 35 heavy (non-hydrogen) atoms. The molecular formula is C26H14ClN5O3. The number of fused-ring (bicyclic) bond motifs is 6. The molecule has 1 atom stereocenters. The van der Waals surface area contributed by atoms with Crippen LogP contribution in [0.25, 0.3) is 28.0 Å². The number of hydrogen-bond donors (Lipinski definition) is 0. The minimum absolute atomic E-state index is 0.356. The van der Waals surface area contributed by atoms with Crippen LogP contribution in [-0.4, -0.2) is 24.6 Å². The summed E-state index contributed by atoms with van der Waals surface area (Å²) in [7, 11) is 0. The maximum atomic E-state index is 13.4. The van der Waals surface area contributed by atoms with Crippen LogP contribution in [0.15, 0.2) is 88.6 Å². The Labute approximate surface area is 202 Å². The molecule has 8 nitrogen and oxygen atoms in total. The molecule has 0 spiro atoms. The van der Waals surface area contributed by atoms with Gasteiger partial charge in [0.05, 0.1) is 22.4 Å². The number of nitrogens with zero attached hydrogens (tertiary/aromatic N) is 5. The van der Waals surface area contributed by atoms with Gasteiger partial charge in [-0.3, -0.25) is 4.98 Å². The van der Waals surface area contributed by atoms with E-state index in [9.17, 15) is 4.79 Å². The molecule has 168 valence electrons. The van der Waals surface area contributed by atoms with Gasteiger partial charge in [0, 0.05) is 23.0 Å². The molecule has 0 fully saturated rings. The van der Waals surface area contributed by atoms with Gasteiger partial charge >= 0.3 is 5.63 Å². The molecule has 0 saturated heterocycles. The molecule has 2 aromatic carbocycles. The second kappa shape index (κ2) is 7.48. The molecule has 6 aromatic rings. The number of hydrogen-bond acceptors (Lipinski definition) is 7. The Hall–Kier alpha value is -4.56. The number of pyridine rings is 1. The van der Waals surface area contributed by atoms with Gasteiger partial charge in [-0.25, -0.2) is 19.3 Å². The molecule has 0 saturated carbocycles. The first-order chi connectivity index (χ1) is 17.2. The second-order valence-electron chi connectivity index (χ2n) is 8.12. The predicted octanol–water partition coefficient (Wildman–Crippen LogP) is 5.23. The van der Waals surface area contributed by atoms with E-state index in [1.54, 1.807) is 41.4 Å². The van der Waals surface area contributed by atoms with Crippen molar-refractivity contribution in [2.45, 2.75) is 5.92 Å². The van der Waals surface area contributed by atoms with E-state index in [-0.39, 0.29) is 0 Å². The molecule has 0 amide bonds. The first kappa shape index (κ1) is 19.9. The van der Waals surface area contributed by atoms with Gasteiger partial charge in [-0.1, -0.05) is 35.9 Å². The zero-order valence-corrected chi connectivity index (χ0v) is 18.7. The van der Waals surface area contributed by atoms with Crippen molar-refractivity contribution in [3.05, 3.63) is 112 Å². The smallest absolute Gasteiger partial charge is 0.344 e. The first-order valence-corrected chi connectivity index (χ1v) is 11.2. The first-order valence-electron chi connectivity index (χ1n) is 10.8. The topological polar surface area (TPSA) is 95.4 Å². The molecule has 0 aliphatic carbocycles. The highest BCUT2D eigenvalue weighted by atomic mass is 35.5. The van der Waals surface area contributed by atoms with Crippen molar-refractivity contribution in [3.63, 3.8) is 0 Å². The highest BCUT2D eigenvalue weighted by molar-refractivity contribution is 6.30. The van der Waals surface area contributed by atoms with E-state index in [2.05, 4.69) is 15.1 Å². The average Bonchev–Trinajstić information content (AvgIpc) is 3.33. The normalized spacial score (nSPS) is 14.5. The number of aromatic nitrogens is 5. The van der Waals surface area contributed by atoms with Crippen molar-refractivity contribution >= 4 is 28.2 Å². The van der Waals surface area contributed by atoms with Crippen LogP contribution in [0.3, 0.4) is 0 Å². The summed E-state index contributed by atoms with van der Waals surface area (Å²) in [5.41, 5.74) is 3.12. The number of benzene rings is 2. The largest absolute Gasteiger partial charge is 0.437 e. The Kier molecular flexibility index (Phi) is 4.24. The van der Waals surface area contributed by atoms with Gasteiger partial charge in [-0.2, -0.15) is 0 Å². The number of para-hydroxylation sites is 1. The predicted molar refractivity (Wildman–Crippen MR) is 129 cm³/mol. The van der Waals surface area contributed by atoms with Crippen LogP contribution in [0.2, 0.25) is 5.02 Å². The zero-order valence-electron chi connectivity index (χ0n) is 17.9. The molecule has 1 aliphatic heterocycles. The summed E-state index contributed by atoms with van der Waals surface area (Å²) < 4.78 is 13.6. The second-order valence-corrected chi connectivity index (χ2v) is 8.55. The fraction of sp³-hybridized carbons (Fsp3) is 0.0385. The Bertz CT molecular complexity index is 1810. The lowest BCUT2D eigenvalue weighted by Gasteiger charge is -2.27. The maximum absolute atomic E-state index is 13.4. The quantitative estimate of drug-likeness (QED) is 0.313. The van der Waals surface area contributed by atoms with Gasteiger partial charge in [0.2, 0.25) is 5.88 Å². The molecule has 1 unspecified atom stereocenters. The Morgan fingerprint density at radius 1 is 0.943 bits per heavy atom. The number of halogens is 1. The summed E-state index contributed by atoms with van der Waals surface area (Å²) in [6.45, 7) is 0. The van der Waals surface area contributed by atoms with Gasteiger partial charge in [0.25, 0.3) is 0 Å². The Morgan fingerprint density at radius 2 is 1.74 bits per heavy atom. The fourth-order valence-electron chi connectivity index (χ4n) is 4.54. The Morgan fingerprint density at radius 3 is 2.57 bits per heavy atom. The van der Waals surface area contributed by atoms with Crippen LogP contribution >= 0.6 is 11.6 Å². The third kappa shape index (κ3) is 3.04. The third-order valence-electron chi connectivity index (χ3n) is 6.10. The summed E-state index contributed by atoms with van der Waals surface area (Å²) >= 11 is 6.18. The third-order valence-corrected chi connectivity index (χ3v) is 6.36. The fourth-order valence-corrected chi connectivity index (χ4v) is 4.67. The molecule has 0 bridgehead atoms. The van der Waals surface area contributed by atoms with Crippen molar-refractivity contribution in [2.75, 3.05) is 0 Å². The van der Waals surface area contributed by atoms with Crippen molar-refractivity contribution in [1.82, 2.24) is 24.6 Å². The van der Waals surface area contributed by atoms with Gasteiger partial charge in [-0.05, 0) is 42.0 Å². The van der Waals surface area contributed by atoms with Gasteiger partial charge in [0.15, 0.2) is 17.2 Å². The summed E-state index contributed by atoms with van der Waals surface area (Å²) in [5.74, 6) is 0.732. The molecular weight excluding hydrogens is 466 g/mol. The van der Waals surface area contributed by atoms with E-state index in [0.717, 1.165) is 11.1 Å². The van der Waals surface area contributed by atoms with Crippen molar-refractivity contribution in [1.29, 1.82) is 0 Å². The van der Waals surface area contributed by atoms with E-state index >= 15 is 0 Å². The van der Waals surface area contributed by atoms with Crippen LogP contribution in [0.5, 0.6) is 11.6 Å². The summed E-state index contributed by atoms with van der Waals surface area (Å²) in [6, 6.07) is 18.3. The van der Waals surface area contributed by atoms with E-state index in [1.165, 1.54) is 0 Å². The lowest BCUT2D eigenvalue weighted by atomic mass is 9.84. The van der Waals surface area contributed by atoms with Gasteiger partial charge < -0.3 is 9.15 Å². The summed E-state index contributed by atoms with van der Waals surface area (Å²) in [4.78, 5) is 26.8. The molecule has 1 aliphatic rings. The molecule has 0 N–H and O–H groups in total. The van der Waals surface area contributed by atoms with Gasteiger partial charge in [0.1, 0.15) is 11.9 Å². The molecule has 4 aromatic heterocycles. The van der Waals surface area contributed by atoms with E-state index in [4.69, 9.17) is 25.7 Å². The van der Waals surface area contributed by atoms with Crippen molar-refractivity contribution in [3.8, 4) is 23.0 Å². The van der Waals surface area contributed by atoms with Crippen LogP contribution in [-0.2, 0) is 0 Å². The summed E-state index contributed by atoms with van der Waals surface area (Å²) in [6.07, 6.45) is 4.92. The standard InChI is InChI=1S/C26H14ClN5O3/c27-16-7-5-14(6-8-16)19-20-22(17-3-1-2-4-18(17)34-26(20)33)35-25-21(19)24-30-23(31-32(24)13-29-25)15-9-11-28-12-10-15/h1-13,19H. The minimum atomic E-state index is -0.558. The van der Waals surface area contributed by atoms with Crippen LogP contribution in [0.4, 0.5) is 0 Å². The number of ether oxygens (including phenoxy) is 1. The van der Waals surface area contributed by atoms with Crippen molar-refractivity contribution in [2.24, 2.45) is 0 Å². The van der Waals surface area contributed by atoms with Crippen molar-refractivity contribution < 1.29 is 9.15 Å². The van der Waals surface area contributed by atoms with Gasteiger partial charge in [-0.15, -0.1) is 5.10 Å². The van der Waals surface area contributed by atoms with E-state index in [0.29, 0.717) is 50.2 Å². The van der Waals surface area contributed by atoms with E-state index in [1.807, 2.05) is 42.5 Å².